The lowest BCUT2D eigenvalue weighted by atomic mass is 10.2. The van der Waals surface area contributed by atoms with Gasteiger partial charge in [0.05, 0.1) is 17.3 Å². The zero-order valence-electron chi connectivity index (χ0n) is 13.1. The SMILES string of the molecule is O=c1c(O)coc2cc(OCc3cnn(-c4ccccc4)c3)ccc12. The van der Waals surface area contributed by atoms with E-state index in [1.54, 1.807) is 29.1 Å². The van der Waals surface area contributed by atoms with Crippen molar-refractivity contribution in [1.82, 2.24) is 9.78 Å². The summed E-state index contributed by atoms with van der Waals surface area (Å²) in [5, 5.41) is 14.0. The van der Waals surface area contributed by atoms with E-state index in [0.29, 0.717) is 23.3 Å². The van der Waals surface area contributed by atoms with Gasteiger partial charge in [0.25, 0.3) is 0 Å². The van der Waals surface area contributed by atoms with Gasteiger partial charge in [-0.25, -0.2) is 4.68 Å². The van der Waals surface area contributed by atoms with Crippen LogP contribution in [-0.2, 0) is 6.61 Å². The number of aromatic nitrogens is 2. The van der Waals surface area contributed by atoms with E-state index in [0.717, 1.165) is 17.5 Å². The van der Waals surface area contributed by atoms with Gasteiger partial charge in [-0.3, -0.25) is 4.79 Å². The smallest absolute Gasteiger partial charge is 0.234 e. The standard InChI is InChI=1S/C19H14N2O4/c22-17-12-25-18-8-15(6-7-16(18)19(17)23)24-11-13-9-20-21(10-13)14-4-2-1-3-5-14/h1-10,12,22H,11H2. The fourth-order valence-corrected chi connectivity index (χ4v) is 2.51. The van der Waals surface area contributed by atoms with E-state index in [-0.39, 0.29) is 0 Å². The Kier molecular flexibility index (Phi) is 3.70. The van der Waals surface area contributed by atoms with Crippen LogP contribution < -0.4 is 10.2 Å². The number of fused-ring (bicyclic) bond motifs is 1. The Bertz CT molecular complexity index is 1080. The van der Waals surface area contributed by atoms with E-state index in [4.69, 9.17) is 9.15 Å². The van der Waals surface area contributed by atoms with E-state index in [2.05, 4.69) is 5.10 Å². The molecule has 2 aromatic carbocycles. The third-order valence-corrected chi connectivity index (χ3v) is 3.79. The topological polar surface area (TPSA) is 77.5 Å². The summed E-state index contributed by atoms with van der Waals surface area (Å²) < 4.78 is 12.8. The van der Waals surface area contributed by atoms with Crippen molar-refractivity contribution in [3.05, 3.63) is 83.0 Å². The molecule has 1 N–H and O–H groups in total. The molecule has 0 fully saturated rings. The minimum atomic E-state index is -0.461. The second-order valence-corrected chi connectivity index (χ2v) is 5.53. The van der Waals surface area contributed by atoms with Gasteiger partial charge in [-0.2, -0.15) is 5.10 Å². The Morgan fingerprint density at radius 3 is 2.84 bits per heavy atom. The van der Waals surface area contributed by atoms with Crippen molar-refractivity contribution >= 4 is 11.0 Å². The fraction of sp³-hybridized carbons (Fsp3) is 0.0526. The van der Waals surface area contributed by atoms with Crippen LogP contribution in [0.3, 0.4) is 0 Å². The predicted octanol–water partition coefficient (Wildman–Crippen LogP) is 3.26. The van der Waals surface area contributed by atoms with E-state index >= 15 is 0 Å². The molecule has 0 aliphatic rings. The van der Waals surface area contributed by atoms with Gasteiger partial charge in [-0.1, -0.05) is 18.2 Å². The van der Waals surface area contributed by atoms with Crippen molar-refractivity contribution in [2.24, 2.45) is 0 Å². The minimum absolute atomic E-state index is 0.309. The second kappa shape index (κ2) is 6.16. The molecule has 0 saturated heterocycles. The largest absolute Gasteiger partial charge is 0.502 e. The first-order valence-electron chi connectivity index (χ1n) is 7.67. The summed E-state index contributed by atoms with van der Waals surface area (Å²) in [6.07, 6.45) is 4.67. The average Bonchev–Trinajstić information content (AvgIpc) is 3.13. The number of hydrogen-bond donors (Lipinski definition) is 1. The molecular weight excluding hydrogens is 320 g/mol. The average molecular weight is 334 g/mol. The highest BCUT2D eigenvalue weighted by molar-refractivity contribution is 5.78. The Hall–Kier alpha value is -3.54. The van der Waals surface area contributed by atoms with Gasteiger partial charge in [-0.15, -0.1) is 0 Å². The normalized spacial score (nSPS) is 10.9. The monoisotopic (exact) mass is 334 g/mol. The molecule has 2 aromatic heterocycles. The lowest BCUT2D eigenvalue weighted by Gasteiger charge is -2.05. The highest BCUT2D eigenvalue weighted by Gasteiger charge is 2.07. The van der Waals surface area contributed by atoms with Crippen LogP contribution in [0.1, 0.15) is 5.56 Å². The third kappa shape index (κ3) is 2.97. The molecule has 0 aliphatic carbocycles. The first kappa shape index (κ1) is 15.0. The van der Waals surface area contributed by atoms with Crippen LogP contribution >= 0.6 is 0 Å². The van der Waals surface area contributed by atoms with E-state index in [9.17, 15) is 9.90 Å². The Morgan fingerprint density at radius 2 is 2.00 bits per heavy atom. The summed E-state index contributed by atoms with van der Waals surface area (Å²) in [7, 11) is 0. The quantitative estimate of drug-likeness (QED) is 0.620. The van der Waals surface area contributed by atoms with Crippen molar-refractivity contribution in [2.75, 3.05) is 0 Å². The molecule has 0 amide bonds. The number of rotatable bonds is 4. The Morgan fingerprint density at radius 1 is 1.16 bits per heavy atom. The number of aromatic hydroxyl groups is 1. The zero-order chi connectivity index (χ0) is 17.2. The second-order valence-electron chi connectivity index (χ2n) is 5.53. The van der Waals surface area contributed by atoms with Crippen LogP contribution in [0.4, 0.5) is 0 Å². The van der Waals surface area contributed by atoms with Crippen molar-refractivity contribution in [3.8, 4) is 17.2 Å². The number of para-hydroxylation sites is 1. The van der Waals surface area contributed by atoms with E-state index in [1.165, 1.54) is 0 Å². The summed E-state index contributed by atoms with van der Waals surface area (Å²) in [5.74, 6) is 0.156. The van der Waals surface area contributed by atoms with Gasteiger partial charge in [0, 0.05) is 17.8 Å². The highest BCUT2D eigenvalue weighted by atomic mass is 16.5. The summed E-state index contributed by atoms with van der Waals surface area (Å²) in [5.41, 5.74) is 1.79. The van der Waals surface area contributed by atoms with Gasteiger partial charge in [-0.05, 0) is 24.3 Å². The third-order valence-electron chi connectivity index (χ3n) is 3.79. The molecular formula is C19H14N2O4. The molecule has 0 atom stereocenters. The molecule has 25 heavy (non-hydrogen) atoms. The van der Waals surface area contributed by atoms with E-state index in [1.807, 2.05) is 36.5 Å². The van der Waals surface area contributed by atoms with Gasteiger partial charge >= 0.3 is 0 Å². The summed E-state index contributed by atoms with van der Waals surface area (Å²) in [4.78, 5) is 11.8. The lowest BCUT2D eigenvalue weighted by molar-refractivity contribution is 0.306. The minimum Gasteiger partial charge on any atom is -0.502 e. The molecule has 0 spiro atoms. The van der Waals surface area contributed by atoms with Crippen LogP contribution in [0.5, 0.6) is 11.5 Å². The summed E-state index contributed by atoms with van der Waals surface area (Å²) >= 11 is 0. The summed E-state index contributed by atoms with van der Waals surface area (Å²) in [6.45, 7) is 0.334. The molecule has 0 aliphatic heterocycles. The maximum atomic E-state index is 11.8. The number of nitrogens with zero attached hydrogens (tertiary/aromatic N) is 2. The van der Waals surface area contributed by atoms with Crippen LogP contribution in [0.15, 0.2) is 76.4 Å². The van der Waals surface area contributed by atoms with Crippen molar-refractivity contribution in [1.29, 1.82) is 0 Å². The molecule has 0 bridgehead atoms. The molecule has 0 unspecified atom stereocenters. The molecule has 0 saturated carbocycles. The molecule has 4 aromatic rings. The van der Waals surface area contributed by atoms with Gasteiger partial charge in [0.15, 0.2) is 5.75 Å². The molecule has 0 radical (unpaired) electrons. The number of benzene rings is 2. The van der Waals surface area contributed by atoms with Crippen molar-refractivity contribution in [2.45, 2.75) is 6.61 Å². The number of ether oxygens (including phenoxy) is 1. The maximum Gasteiger partial charge on any atom is 0.234 e. The van der Waals surface area contributed by atoms with Crippen LogP contribution in [0, 0.1) is 0 Å². The van der Waals surface area contributed by atoms with Gasteiger partial charge in [0.1, 0.15) is 24.2 Å². The zero-order valence-corrected chi connectivity index (χ0v) is 13.1. The molecule has 6 nitrogen and oxygen atoms in total. The van der Waals surface area contributed by atoms with Crippen LogP contribution in [-0.4, -0.2) is 14.9 Å². The maximum absolute atomic E-state index is 11.8. The number of hydrogen-bond acceptors (Lipinski definition) is 5. The van der Waals surface area contributed by atoms with E-state index < -0.39 is 11.2 Å². The van der Waals surface area contributed by atoms with Crippen LogP contribution in [0.2, 0.25) is 0 Å². The first-order chi connectivity index (χ1) is 12.2. The fourth-order valence-electron chi connectivity index (χ4n) is 2.51. The van der Waals surface area contributed by atoms with Crippen LogP contribution in [0.25, 0.3) is 16.7 Å². The van der Waals surface area contributed by atoms with Crippen molar-refractivity contribution < 1.29 is 14.3 Å². The summed E-state index contributed by atoms with van der Waals surface area (Å²) in [6, 6.07) is 14.7. The molecule has 124 valence electrons. The Balaban J connectivity index is 1.52. The molecule has 2 heterocycles. The highest BCUT2D eigenvalue weighted by Crippen LogP contribution is 2.21. The lowest BCUT2D eigenvalue weighted by Crippen LogP contribution is -2.00. The Labute approximate surface area is 142 Å². The van der Waals surface area contributed by atoms with Crippen molar-refractivity contribution in [3.63, 3.8) is 0 Å². The predicted molar refractivity (Wildman–Crippen MR) is 92.0 cm³/mol. The molecule has 6 heteroatoms. The van der Waals surface area contributed by atoms with Gasteiger partial charge in [0.2, 0.25) is 5.43 Å². The van der Waals surface area contributed by atoms with Gasteiger partial charge < -0.3 is 14.3 Å². The molecule has 4 rings (SSSR count). The first-order valence-corrected chi connectivity index (χ1v) is 7.67.